The summed E-state index contributed by atoms with van der Waals surface area (Å²) < 4.78 is 11.1. The highest BCUT2D eigenvalue weighted by molar-refractivity contribution is 6.74. The van der Waals surface area contributed by atoms with E-state index in [1.54, 1.807) is 0 Å². The summed E-state index contributed by atoms with van der Waals surface area (Å²) in [4.78, 5) is 11.6. The lowest BCUT2D eigenvalue weighted by Crippen LogP contribution is -2.46. The molecular formula is C13H28O3Si. The van der Waals surface area contributed by atoms with Gasteiger partial charge in [-0.15, -0.1) is 0 Å². The van der Waals surface area contributed by atoms with Crippen LogP contribution in [-0.2, 0) is 14.0 Å². The number of rotatable bonds is 5. The number of ether oxygens (including phenoxy) is 1. The Hall–Kier alpha value is -0.353. The first-order valence-corrected chi connectivity index (χ1v) is 9.23. The Bertz CT molecular complexity index is 256. The second kappa shape index (κ2) is 6.00. The molecule has 0 aromatic carbocycles. The Balaban J connectivity index is 4.77. The van der Waals surface area contributed by atoms with Gasteiger partial charge in [-0.25, -0.2) is 0 Å². The molecule has 0 aliphatic carbocycles. The molecular weight excluding hydrogens is 232 g/mol. The van der Waals surface area contributed by atoms with Crippen molar-refractivity contribution in [1.82, 2.24) is 0 Å². The predicted molar refractivity (Wildman–Crippen MR) is 73.5 cm³/mol. The summed E-state index contributed by atoms with van der Waals surface area (Å²) >= 11 is 0. The topological polar surface area (TPSA) is 35.5 Å². The number of carbonyl (C=O) groups is 1. The van der Waals surface area contributed by atoms with Crippen LogP contribution in [0.3, 0.4) is 0 Å². The van der Waals surface area contributed by atoms with Gasteiger partial charge in [0, 0.05) is 0 Å². The Morgan fingerprint density at radius 2 is 1.76 bits per heavy atom. The van der Waals surface area contributed by atoms with Gasteiger partial charge in [-0.1, -0.05) is 27.7 Å². The van der Waals surface area contributed by atoms with Gasteiger partial charge in [-0.3, -0.25) is 4.79 Å². The third-order valence-electron chi connectivity index (χ3n) is 3.79. The summed E-state index contributed by atoms with van der Waals surface area (Å²) in [6.45, 7) is 15.0. The highest BCUT2D eigenvalue weighted by Crippen LogP contribution is 2.38. The van der Waals surface area contributed by atoms with Crippen LogP contribution >= 0.6 is 0 Å². The van der Waals surface area contributed by atoms with E-state index in [0.717, 1.165) is 6.42 Å². The van der Waals surface area contributed by atoms with E-state index >= 15 is 0 Å². The van der Waals surface area contributed by atoms with Gasteiger partial charge < -0.3 is 9.16 Å². The minimum Gasteiger partial charge on any atom is -0.469 e. The maximum absolute atomic E-state index is 11.6. The Labute approximate surface area is 107 Å². The normalized spacial score (nSPS) is 16.5. The number of hydrogen-bond donors (Lipinski definition) is 0. The first-order chi connectivity index (χ1) is 7.56. The maximum atomic E-state index is 11.6. The SMILES string of the molecule is CC[C@H](O[Si](C)(C)C(C)(C)C)[C@H](C)C(=O)OC. The Kier molecular flexibility index (Phi) is 5.88. The second-order valence-corrected chi connectivity index (χ2v) is 10.9. The summed E-state index contributed by atoms with van der Waals surface area (Å²) in [6.07, 6.45) is 0.798. The number of methoxy groups -OCH3 is 1. The van der Waals surface area contributed by atoms with Crippen LogP contribution in [0.5, 0.6) is 0 Å². The number of carbonyl (C=O) groups excluding carboxylic acids is 1. The summed E-state index contributed by atoms with van der Waals surface area (Å²) in [5, 5.41) is 0.163. The van der Waals surface area contributed by atoms with Crippen molar-refractivity contribution in [2.75, 3.05) is 7.11 Å². The van der Waals surface area contributed by atoms with Gasteiger partial charge >= 0.3 is 5.97 Å². The molecule has 17 heavy (non-hydrogen) atoms. The van der Waals surface area contributed by atoms with Crippen molar-refractivity contribution >= 4 is 14.3 Å². The van der Waals surface area contributed by atoms with Gasteiger partial charge in [0.2, 0.25) is 0 Å². The summed E-state index contributed by atoms with van der Waals surface area (Å²) in [7, 11) is -0.390. The fourth-order valence-electron chi connectivity index (χ4n) is 1.43. The average molecular weight is 260 g/mol. The lowest BCUT2D eigenvalue weighted by atomic mass is 10.0. The highest BCUT2D eigenvalue weighted by Gasteiger charge is 2.40. The largest absolute Gasteiger partial charge is 0.469 e. The summed E-state index contributed by atoms with van der Waals surface area (Å²) in [5.41, 5.74) is 0. The molecule has 0 unspecified atom stereocenters. The molecule has 4 heteroatoms. The van der Waals surface area contributed by atoms with E-state index in [2.05, 4.69) is 40.8 Å². The quantitative estimate of drug-likeness (QED) is 0.560. The molecule has 0 aliphatic rings. The molecule has 0 N–H and O–H groups in total. The van der Waals surface area contributed by atoms with E-state index in [-0.39, 0.29) is 23.0 Å². The van der Waals surface area contributed by atoms with Crippen molar-refractivity contribution in [3.63, 3.8) is 0 Å². The third-order valence-corrected chi connectivity index (χ3v) is 8.29. The molecule has 0 spiro atoms. The van der Waals surface area contributed by atoms with Crippen molar-refractivity contribution in [2.45, 2.75) is 65.3 Å². The van der Waals surface area contributed by atoms with Crippen LogP contribution < -0.4 is 0 Å². The lowest BCUT2D eigenvalue weighted by molar-refractivity contribution is -0.148. The van der Waals surface area contributed by atoms with Crippen LogP contribution in [0.25, 0.3) is 0 Å². The Morgan fingerprint density at radius 3 is 2.06 bits per heavy atom. The molecule has 0 bridgehead atoms. The van der Waals surface area contributed by atoms with Crippen molar-refractivity contribution in [1.29, 1.82) is 0 Å². The van der Waals surface area contributed by atoms with Crippen LogP contribution in [0.4, 0.5) is 0 Å². The molecule has 0 aromatic rings. The lowest BCUT2D eigenvalue weighted by Gasteiger charge is -2.40. The van der Waals surface area contributed by atoms with E-state index in [0.29, 0.717) is 0 Å². The van der Waals surface area contributed by atoms with Gasteiger partial charge in [0.25, 0.3) is 0 Å². The maximum Gasteiger partial charge on any atom is 0.310 e. The van der Waals surface area contributed by atoms with Gasteiger partial charge in [0.05, 0.1) is 19.1 Å². The minimum absolute atomic E-state index is 0.0386. The minimum atomic E-state index is -1.82. The fraction of sp³-hybridized carbons (Fsp3) is 0.923. The van der Waals surface area contributed by atoms with Crippen LogP contribution in [-0.4, -0.2) is 27.5 Å². The smallest absolute Gasteiger partial charge is 0.310 e. The molecule has 0 radical (unpaired) electrons. The number of esters is 1. The summed E-state index contributed by atoms with van der Waals surface area (Å²) in [6, 6.07) is 0. The van der Waals surface area contributed by atoms with E-state index in [4.69, 9.17) is 9.16 Å². The molecule has 102 valence electrons. The zero-order chi connectivity index (χ0) is 13.9. The highest BCUT2D eigenvalue weighted by atomic mass is 28.4. The van der Waals surface area contributed by atoms with Crippen molar-refractivity contribution in [3.05, 3.63) is 0 Å². The summed E-state index contributed by atoms with van der Waals surface area (Å²) in [5.74, 6) is -0.380. The molecule has 0 amide bonds. The van der Waals surface area contributed by atoms with Gasteiger partial charge in [-0.05, 0) is 31.5 Å². The molecule has 0 rings (SSSR count). The molecule has 0 saturated heterocycles. The van der Waals surface area contributed by atoms with Crippen molar-refractivity contribution in [3.8, 4) is 0 Å². The van der Waals surface area contributed by atoms with Crippen molar-refractivity contribution < 1.29 is 14.0 Å². The fourth-order valence-corrected chi connectivity index (χ4v) is 2.91. The zero-order valence-electron chi connectivity index (χ0n) is 12.6. The van der Waals surface area contributed by atoms with E-state index in [1.807, 2.05) is 6.92 Å². The average Bonchev–Trinajstić information content (AvgIpc) is 2.22. The van der Waals surface area contributed by atoms with E-state index in [1.165, 1.54) is 7.11 Å². The van der Waals surface area contributed by atoms with Crippen LogP contribution in [0, 0.1) is 5.92 Å². The molecule has 0 saturated carbocycles. The molecule has 0 fully saturated rings. The van der Waals surface area contributed by atoms with Gasteiger partial charge in [-0.2, -0.15) is 0 Å². The molecule has 2 atom stereocenters. The first-order valence-electron chi connectivity index (χ1n) is 6.32. The van der Waals surface area contributed by atoms with E-state index in [9.17, 15) is 4.79 Å². The van der Waals surface area contributed by atoms with Crippen molar-refractivity contribution in [2.24, 2.45) is 5.92 Å². The zero-order valence-corrected chi connectivity index (χ0v) is 13.6. The molecule has 0 aromatic heterocycles. The van der Waals surface area contributed by atoms with Gasteiger partial charge in [0.15, 0.2) is 8.32 Å². The molecule has 0 aliphatic heterocycles. The molecule has 3 nitrogen and oxygen atoms in total. The predicted octanol–water partition coefficient (Wildman–Crippen LogP) is 3.60. The van der Waals surface area contributed by atoms with Crippen LogP contribution in [0.15, 0.2) is 0 Å². The second-order valence-electron chi connectivity index (χ2n) is 6.14. The van der Waals surface area contributed by atoms with Gasteiger partial charge in [0.1, 0.15) is 0 Å². The van der Waals surface area contributed by atoms with Crippen LogP contribution in [0.2, 0.25) is 18.1 Å². The monoisotopic (exact) mass is 260 g/mol. The third kappa shape index (κ3) is 4.43. The van der Waals surface area contributed by atoms with E-state index < -0.39 is 8.32 Å². The molecule has 0 heterocycles. The standard InChI is InChI=1S/C13H28O3Si/c1-9-11(10(2)12(14)15-6)16-17(7,8)13(3,4)5/h10-11H,9H2,1-8H3/t10-,11-/m0/s1. The first kappa shape index (κ1) is 16.6. The Morgan fingerprint density at radius 1 is 1.29 bits per heavy atom. The van der Waals surface area contributed by atoms with Crippen LogP contribution in [0.1, 0.15) is 41.0 Å². The number of hydrogen-bond acceptors (Lipinski definition) is 3.